The van der Waals surface area contributed by atoms with E-state index in [1.54, 1.807) is 6.26 Å². The molecule has 2 rings (SSSR count). The molecule has 0 saturated heterocycles. The average molecular weight is 175 g/mol. The maximum absolute atomic E-state index is 5.39. The predicted octanol–water partition coefficient (Wildman–Crippen LogP) is 2.75. The van der Waals surface area contributed by atoms with Crippen LogP contribution < -0.4 is 5.32 Å². The van der Waals surface area contributed by atoms with Gasteiger partial charge in [-0.25, -0.2) is 0 Å². The van der Waals surface area contributed by atoms with Gasteiger partial charge in [-0.05, 0) is 24.6 Å². The van der Waals surface area contributed by atoms with Crippen LogP contribution in [0.25, 0.3) is 0 Å². The molecule has 1 aromatic rings. The van der Waals surface area contributed by atoms with Crippen LogP contribution in [0.3, 0.4) is 0 Å². The van der Waals surface area contributed by atoms with Crippen molar-refractivity contribution in [1.29, 1.82) is 0 Å². The molecule has 1 aliphatic rings. The molecule has 68 valence electrons. The summed E-state index contributed by atoms with van der Waals surface area (Å²) >= 11 is 0. The Morgan fingerprint density at radius 1 is 1.23 bits per heavy atom. The van der Waals surface area contributed by atoms with Gasteiger partial charge >= 0.3 is 0 Å². The summed E-state index contributed by atoms with van der Waals surface area (Å²) in [6, 6.07) is 10.1. The topological polar surface area (TPSA) is 21.3 Å². The van der Waals surface area contributed by atoms with E-state index in [0.717, 1.165) is 18.5 Å². The van der Waals surface area contributed by atoms with Crippen LogP contribution in [0.15, 0.2) is 42.7 Å². The van der Waals surface area contributed by atoms with E-state index >= 15 is 0 Å². The number of anilines is 1. The van der Waals surface area contributed by atoms with Crippen molar-refractivity contribution in [3.05, 3.63) is 42.7 Å². The largest absolute Gasteiger partial charge is 0.479 e. The number of benzene rings is 1. The quantitative estimate of drug-likeness (QED) is 0.746. The Kier molecular flexibility index (Phi) is 2.51. The molecule has 0 fully saturated rings. The Hall–Kier alpha value is -1.44. The van der Waals surface area contributed by atoms with Crippen LogP contribution in [0, 0.1) is 0 Å². The normalized spacial score (nSPS) is 20.8. The molecule has 13 heavy (non-hydrogen) atoms. The van der Waals surface area contributed by atoms with Crippen LogP contribution >= 0.6 is 0 Å². The summed E-state index contributed by atoms with van der Waals surface area (Å²) in [6.07, 6.45) is 6.07. The van der Waals surface area contributed by atoms with Gasteiger partial charge < -0.3 is 10.1 Å². The van der Waals surface area contributed by atoms with Crippen molar-refractivity contribution in [2.75, 3.05) is 5.32 Å². The average Bonchev–Trinajstić information content (AvgIpc) is 2.21. The van der Waals surface area contributed by atoms with E-state index in [0.29, 0.717) is 0 Å². The summed E-state index contributed by atoms with van der Waals surface area (Å²) in [5.74, 6) is 0. The van der Waals surface area contributed by atoms with Gasteiger partial charge in [0.05, 0.1) is 6.26 Å². The highest BCUT2D eigenvalue weighted by atomic mass is 16.5. The Labute approximate surface area is 78.2 Å². The summed E-state index contributed by atoms with van der Waals surface area (Å²) in [5, 5.41) is 3.31. The molecule has 1 unspecified atom stereocenters. The van der Waals surface area contributed by atoms with Crippen LogP contribution in [0.1, 0.15) is 12.8 Å². The molecule has 0 spiro atoms. The first kappa shape index (κ1) is 8.17. The summed E-state index contributed by atoms with van der Waals surface area (Å²) in [5.41, 5.74) is 1.11. The maximum Gasteiger partial charge on any atom is 0.169 e. The Morgan fingerprint density at radius 2 is 2.08 bits per heavy atom. The highest BCUT2D eigenvalue weighted by Crippen LogP contribution is 2.14. The lowest BCUT2D eigenvalue weighted by atomic mass is 10.2. The fourth-order valence-electron chi connectivity index (χ4n) is 1.36. The number of para-hydroxylation sites is 1. The molecular formula is C11H13NO. The second-order valence-electron chi connectivity index (χ2n) is 3.08. The standard InChI is InChI=1S/C11H13NO/c1-2-6-10(7-3-1)12-11-8-4-5-9-13-11/h1-3,5-7,9,11-12H,4,8H2. The van der Waals surface area contributed by atoms with Crippen molar-refractivity contribution in [3.63, 3.8) is 0 Å². The lowest BCUT2D eigenvalue weighted by molar-refractivity contribution is 0.148. The fourth-order valence-corrected chi connectivity index (χ4v) is 1.36. The third-order valence-electron chi connectivity index (χ3n) is 2.04. The molecule has 1 aromatic carbocycles. The number of ether oxygens (including phenoxy) is 1. The second kappa shape index (κ2) is 3.99. The number of allylic oxidation sites excluding steroid dienone is 1. The van der Waals surface area contributed by atoms with Crippen molar-refractivity contribution < 1.29 is 4.74 Å². The zero-order chi connectivity index (χ0) is 8.93. The minimum atomic E-state index is 0.132. The lowest BCUT2D eigenvalue weighted by Crippen LogP contribution is -2.22. The molecule has 1 aliphatic heterocycles. The molecule has 1 atom stereocenters. The minimum Gasteiger partial charge on any atom is -0.479 e. The molecule has 1 N–H and O–H groups in total. The van der Waals surface area contributed by atoms with E-state index in [2.05, 4.69) is 5.32 Å². The highest BCUT2D eigenvalue weighted by molar-refractivity contribution is 5.42. The van der Waals surface area contributed by atoms with E-state index in [4.69, 9.17) is 4.74 Å². The van der Waals surface area contributed by atoms with Crippen molar-refractivity contribution in [2.24, 2.45) is 0 Å². The van der Waals surface area contributed by atoms with E-state index in [9.17, 15) is 0 Å². The van der Waals surface area contributed by atoms with Gasteiger partial charge in [0.1, 0.15) is 0 Å². The molecule has 2 nitrogen and oxygen atoms in total. The van der Waals surface area contributed by atoms with Gasteiger partial charge in [0.15, 0.2) is 6.23 Å². The Morgan fingerprint density at radius 3 is 2.77 bits per heavy atom. The Balaban J connectivity index is 1.94. The van der Waals surface area contributed by atoms with Gasteiger partial charge in [0, 0.05) is 12.1 Å². The van der Waals surface area contributed by atoms with Crippen molar-refractivity contribution in [2.45, 2.75) is 19.1 Å². The maximum atomic E-state index is 5.39. The monoisotopic (exact) mass is 175 g/mol. The number of rotatable bonds is 2. The molecule has 0 aromatic heterocycles. The summed E-state index contributed by atoms with van der Waals surface area (Å²) in [4.78, 5) is 0. The minimum absolute atomic E-state index is 0.132. The predicted molar refractivity (Wildman–Crippen MR) is 53.3 cm³/mol. The highest BCUT2D eigenvalue weighted by Gasteiger charge is 2.09. The second-order valence-corrected chi connectivity index (χ2v) is 3.08. The van der Waals surface area contributed by atoms with Crippen molar-refractivity contribution in [1.82, 2.24) is 0 Å². The van der Waals surface area contributed by atoms with E-state index in [1.165, 1.54) is 0 Å². The molecule has 2 heteroatoms. The summed E-state index contributed by atoms with van der Waals surface area (Å²) in [7, 11) is 0. The smallest absolute Gasteiger partial charge is 0.169 e. The van der Waals surface area contributed by atoms with Crippen LogP contribution in [0.2, 0.25) is 0 Å². The van der Waals surface area contributed by atoms with Gasteiger partial charge in [-0.1, -0.05) is 18.2 Å². The number of nitrogens with one attached hydrogen (secondary N) is 1. The Bertz CT molecular complexity index is 281. The zero-order valence-corrected chi connectivity index (χ0v) is 7.44. The van der Waals surface area contributed by atoms with Crippen LogP contribution in [-0.2, 0) is 4.74 Å². The summed E-state index contributed by atoms with van der Waals surface area (Å²) in [6.45, 7) is 0. The third-order valence-corrected chi connectivity index (χ3v) is 2.04. The molecule has 0 aliphatic carbocycles. The van der Waals surface area contributed by atoms with Gasteiger partial charge in [-0.3, -0.25) is 0 Å². The van der Waals surface area contributed by atoms with E-state index in [1.807, 2.05) is 36.4 Å². The molecule has 0 radical (unpaired) electrons. The first-order chi connectivity index (χ1) is 6.45. The van der Waals surface area contributed by atoms with E-state index in [-0.39, 0.29) is 6.23 Å². The van der Waals surface area contributed by atoms with Gasteiger partial charge in [-0.2, -0.15) is 0 Å². The molecule has 0 saturated carbocycles. The number of hydrogen-bond acceptors (Lipinski definition) is 2. The third kappa shape index (κ3) is 2.25. The lowest BCUT2D eigenvalue weighted by Gasteiger charge is -2.21. The molecule has 0 bridgehead atoms. The first-order valence-electron chi connectivity index (χ1n) is 4.57. The number of hydrogen-bond donors (Lipinski definition) is 1. The molecule has 1 heterocycles. The molecular weight excluding hydrogens is 162 g/mol. The summed E-state index contributed by atoms with van der Waals surface area (Å²) < 4.78 is 5.39. The van der Waals surface area contributed by atoms with Crippen LogP contribution in [0.5, 0.6) is 0 Å². The van der Waals surface area contributed by atoms with Gasteiger partial charge in [0.25, 0.3) is 0 Å². The van der Waals surface area contributed by atoms with Gasteiger partial charge in [-0.15, -0.1) is 0 Å². The first-order valence-corrected chi connectivity index (χ1v) is 4.57. The van der Waals surface area contributed by atoms with Crippen molar-refractivity contribution in [3.8, 4) is 0 Å². The van der Waals surface area contributed by atoms with Gasteiger partial charge in [0.2, 0.25) is 0 Å². The fraction of sp³-hybridized carbons (Fsp3) is 0.273. The van der Waals surface area contributed by atoms with Crippen LogP contribution in [0.4, 0.5) is 5.69 Å². The van der Waals surface area contributed by atoms with Crippen molar-refractivity contribution >= 4 is 5.69 Å². The molecule has 0 amide bonds. The zero-order valence-electron chi connectivity index (χ0n) is 7.44. The van der Waals surface area contributed by atoms with Crippen LogP contribution in [-0.4, -0.2) is 6.23 Å². The van der Waals surface area contributed by atoms with E-state index < -0.39 is 0 Å². The SMILES string of the molecule is C1=COC(Nc2ccccc2)CC1.